The van der Waals surface area contributed by atoms with Gasteiger partial charge in [-0.2, -0.15) is 5.10 Å². The average molecular weight is 497 g/mol. The molecule has 0 bridgehead atoms. The zero-order valence-electron chi connectivity index (χ0n) is 19.4. The van der Waals surface area contributed by atoms with E-state index in [1.807, 2.05) is 38.1 Å². The number of carbonyl (C=O) groups is 1. The Balaban J connectivity index is 1.60. The van der Waals surface area contributed by atoms with Crippen molar-refractivity contribution in [2.24, 2.45) is 0 Å². The number of aromatic nitrogens is 3. The minimum absolute atomic E-state index is 0.0395. The highest BCUT2D eigenvalue weighted by molar-refractivity contribution is 6.30. The molecule has 1 N–H and O–H groups in total. The Hall–Kier alpha value is -3.52. The molecule has 9 heteroatoms. The molecule has 0 aliphatic carbocycles. The second-order valence-electron chi connectivity index (χ2n) is 8.85. The highest BCUT2D eigenvalue weighted by Crippen LogP contribution is 2.36. The monoisotopic (exact) mass is 496 g/mol. The van der Waals surface area contributed by atoms with E-state index in [1.54, 1.807) is 6.92 Å². The van der Waals surface area contributed by atoms with Crippen molar-refractivity contribution in [2.45, 2.75) is 39.2 Å². The van der Waals surface area contributed by atoms with E-state index in [0.717, 1.165) is 23.4 Å². The van der Waals surface area contributed by atoms with Crippen LogP contribution >= 0.6 is 11.6 Å². The first-order chi connectivity index (χ1) is 16.8. The maximum absolute atomic E-state index is 14.8. The number of hydrogen-bond acceptors (Lipinski definition) is 4. The van der Waals surface area contributed by atoms with Crippen molar-refractivity contribution in [3.63, 3.8) is 0 Å². The molecular formula is C26H23ClF2N4O2. The highest BCUT2D eigenvalue weighted by Gasteiger charge is 2.28. The SMILES string of the molecule is Cc1nn2c(C(C)C)c(C(=O)N[C@H]3CCOc4ccccc43)cnc2c1-c1c(F)cc(Cl)cc1F. The average Bonchev–Trinajstić information content (AvgIpc) is 3.13. The topological polar surface area (TPSA) is 68.5 Å². The summed E-state index contributed by atoms with van der Waals surface area (Å²) in [5.41, 5.74) is 2.48. The zero-order valence-corrected chi connectivity index (χ0v) is 20.2. The van der Waals surface area contributed by atoms with Gasteiger partial charge < -0.3 is 10.1 Å². The molecule has 1 atom stereocenters. The Morgan fingerprint density at radius 1 is 1.20 bits per heavy atom. The standard InChI is InChI=1S/C26H23ClF2N4O2/c1-13(2)24-17(26(34)31-20-8-9-35-21-7-5-4-6-16(20)21)12-30-25-22(14(3)32-33(24)25)23-18(28)10-15(27)11-19(23)29/h4-7,10-13,20H,8-9H2,1-3H3,(H,31,34)/t20-/m0/s1. The maximum atomic E-state index is 14.8. The number of halogens is 3. The molecule has 35 heavy (non-hydrogen) atoms. The van der Waals surface area contributed by atoms with Crippen LogP contribution in [0.3, 0.4) is 0 Å². The van der Waals surface area contributed by atoms with Crippen LogP contribution in [-0.2, 0) is 0 Å². The number of benzene rings is 2. The van der Waals surface area contributed by atoms with Crippen LogP contribution in [0.5, 0.6) is 5.75 Å². The first kappa shape index (κ1) is 23.2. The lowest BCUT2D eigenvalue weighted by atomic mass is 9.99. The van der Waals surface area contributed by atoms with Crippen molar-refractivity contribution in [1.82, 2.24) is 19.9 Å². The summed E-state index contributed by atoms with van der Waals surface area (Å²) in [6.07, 6.45) is 2.08. The Labute approximate surface area is 205 Å². The van der Waals surface area contributed by atoms with Crippen molar-refractivity contribution in [2.75, 3.05) is 6.61 Å². The van der Waals surface area contributed by atoms with Gasteiger partial charge in [0.2, 0.25) is 0 Å². The van der Waals surface area contributed by atoms with Crippen molar-refractivity contribution >= 4 is 23.2 Å². The van der Waals surface area contributed by atoms with Gasteiger partial charge in [-0.1, -0.05) is 43.6 Å². The van der Waals surface area contributed by atoms with Crippen LogP contribution in [-0.4, -0.2) is 27.1 Å². The lowest BCUT2D eigenvalue weighted by molar-refractivity contribution is 0.0922. The second-order valence-corrected chi connectivity index (χ2v) is 9.29. The van der Waals surface area contributed by atoms with Crippen molar-refractivity contribution in [1.29, 1.82) is 0 Å². The summed E-state index contributed by atoms with van der Waals surface area (Å²) in [6.45, 7) is 6.00. The van der Waals surface area contributed by atoms with Gasteiger partial charge in [0.15, 0.2) is 5.65 Å². The van der Waals surface area contributed by atoms with Crippen molar-refractivity contribution in [3.8, 4) is 16.9 Å². The van der Waals surface area contributed by atoms with Crippen LogP contribution in [0.25, 0.3) is 16.8 Å². The van der Waals surface area contributed by atoms with E-state index >= 15 is 0 Å². The number of aryl methyl sites for hydroxylation is 1. The Morgan fingerprint density at radius 2 is 1.91 bits per heavy atom. The van der Waals surface area contributed by atoms with Gasteiger partial charge in [-0.25, -0.2) is 18.3 Å². The summed E-state index contributed by atoms with van der Waals surface area (Å²) >= 11 is 5.81. The fourth-order valence-electron chi connectivity index (χ4n) is 4.64. The van der Waals surface area contributed by atoms with E-state index < -0.39 is 11.6 Å². The third-order valence-corrected chi connectivity index (χ3v) is 6.39. The Morgan fingerprint density at radius 3 is 2.63 bits per heavy atom. The quantitative estimate of drug-likeness (QED) is 0.375. The molecule has 1 aliphatic rings. The molecule has 4 aromatic rings. The number of nitrogens with one attached hydrogen (secondary N) is 1. The number of rotatable bonds is 4. The Kier molecular flexibility index (Phi) is 5.92. The van der Waals surface area contributed by atoms with E-state index in [2.05, 4.69) is 15.4 Å². The minimum atomic E-state index is -0.805. The van der Waals surface area contributed by atoms with Crippen LogP contribution < -0.4 is 10.1 Å². The van der Waals surface area contributed by atoms with Gasteiger partial charge in [-0.15, -0.1) is 0 Å². The van der Waals surface area contributed by atoms with E-state index in [9.17, 15) is 13.6 Å². The van der Waals surface area contributed by atoms with Gasteiger partial charge in [-0.3, -0.25) is 4.79 Å². The van der Waals surface area contributed by atoms with E-state index in [1.165, 1.54) is 10.7 Å². The molecule has 2 aromatic heterocycles. The van der Waals surface area contributed by atoms with Gasteiger partial charge in [0.25, 0.3) is 5.91 Å². The Bertz CT molecular complexity index is 1440. The van der Waals surface area contributed by atoms with Crippen LogP contribution in [0.2, 0.25) is 5.02 Å². The third kappa shape index (κ3) is 4.01. The summed E-state index contributed by atoms with van der Waals surface area (Å²) in [4.78, 5) is 17.9. The molecule has 0 radical (unpaired) electrons. The predicted molar refractivity (Wildman–Crippen MR) is 129 cm³/mol. The first-order valence-corrected chi connectivity index (χ1v) is 11.7. The first-order valence-electron chi connectivity index (χ1n) is 11.3. The van der Waals surface area contributed by atoms with Gasteiger partial charge >= 0.3 is 0 Å². The van der Waals surface area contributed by atoms with E-state index in [-0.39, 0.29) is 39.7 Å². The molecule has 1 aliphatic heterocycles. The van der Waals surface area contributed by atoms with Gasteiger partial charge in [-0.05, 0) is 31.0 Å². The van der Waals surface area contributed by atoms with E-state index in [4.69, 9.17) is 16.3 Å². The fraction of sp³-hybridized carbons (Fsp3) is 0.269. The number of fused-ring (bicyclic) bond motifs is 2. The van der Waals surface area contributed by atoms with Gasteiger partial charge in [0, 0.05) is 23.2 Å². The highest BCUT2D eigenvalue weighted by atomic mass is 35.5. The summed E-state index contributed by atoms with van der Waals surface area (Å²) < 4.78 is 36.7. The number of para-hydroxylation sites is 1. The summed E-state index contributed by atoms with van der Waals surface area (Å²) in [6, 6.07) is 9.51. The largest absolute Gasteiger partial charge is 0.493 e. The smallest absolute Gasteiger partial charge is 0.255 e. The molecule has 0 saturated heterocycles. The zero-order chi connectivity index (χ0) is 24.9. The second kappa shape index (κ2) is 8.92. The molecule has 3 heterocycles. The number of nitrogens with zero attached hydrogens (tertiary/aromatic N) is 3. The molecule has 0 fully saturated rings. The van der Waals surface area contributed by atoms with Crippen LogP contribution in [0.4, 0.5) is 8.78 Å². The molecule has 180 valence electrons. The number of hydrogen-bond donors (Lipinski definition) is 1. The van der Waals surface area contributed by atoms with Crippen LogP contribution in [0, 0.1) is 18.6 Å². The fourth-order valence-corrected chi connectivity index (χ4v) is 4.83. The van der Waals surface area contributed by atoms with Crippen molar-refractivity contribution in [3.05, 3.63) is 81.8 Å². The maximum Gasteiger partial charge on any atom is 0.255 e. The molecule has 2 aromatic carbocycles. The number of carbonyl (C=O) groups excluding carboxylic acids is 1. The summed E-state index contributed by atoms with van der Waals surface area (Å²) in [7, 11) is 0. The van der Waals surface area contributed by atoms with Gasteiger partial charge in [0.05, 0.1) is 40.7 Å². The number of amides is 1. The lowest BCUT2D eigenvalue weighted by Gasteiger charge is -2.27. The molecule has 1 amide bonds. The van der Waals surface area contributed by atoms with Gasteiger partial charge in [0.1, 0.15) is 17.4 Å². The molecule has 0 saturated carbocycles. The molecular weight excluding hydrogens is 474 g/mol. The van der Waals surface area contributed by atoms with Crippen LogP contribution in [0.15, 0.2) is 42.6 Å². The molecule has 0 unspecified atom stereocenters. The molecule has 5 rings (SSSR count). The normalized spacial score (nSPS) is 15.2. The lowest BCUT2D eigenvalue weighted by Crippen LogP contribution is -2.33. The molecule has 0 spiro atoms. The minimum Gasteiger partial charge on any atom is -0.493 e. The van der Waals surface area contributed by atoms with Crippen LogP contribution in [0.1, 0.15) is 59.5 Å². The number of ether oxygens (including phenoxy) is 1. The van der Waals surface area contributed by atoms with E-state index in [0.29, 0.717) is 30.0 Å². The predicted octanol–water partition coefficient (Wildman–Crippen LogP) is 6.01. The third-order valence-electron chi connectivity index (χ3n) is 6.17. The summed E-state index contributed by atoms with van der Waals surface area (Å²) in [5.74, 6) is -1.29. The van der Waals surface area contributed by atoms with Crippen molar-refractivity contribution < 1.29 is 18.3 Å². The summed E-state index contributed by atoms with van der Waals surface area (Å²) in [5, 5.41) is 7.58. The molecule has 6 nitrogen and oxygen atoms in total.